The lowest BCUT2D eigenvalue weighted by Gasteiger charge is -2.31. The minimum absolute atomic E-state index is 0.00887. The zero-order chi connectivity index (χ0) is 67.4. The third-order valence-electron chi connectivity index (χ3n) is 17.4. The first-order valence-electron chi connectivity index (χ1n) is 35.0. The lowest BCUT2D eigenvalue weighted by molar-refractivity contribution is -0.138. The fraction of sp³-hybridized carbons (Fsp3) is 0.635. The number of aromatic nitrogens is 4. The number of Topliss-reactive ketones (excluding diaryl/α,β-unsaturated/α-hetero) is 5. The van der Waals surface area contributed by atoms with Crippen LogP contribution in [0.5, 0.6) is 0 Å². The van der Waals surface area contributed by atoms with Crippen LogP contribution in [0.4, 0.5) is 0 Å². The van der Waals surface area contributed by atoms with Crippen molar-refractivity contribution in [3.8, 4) is 0 Å². The van der Waals surface area contributed by atoms with E-state index in [0.717, 1.165) is 41.8 Å². The molecule has 4 rings (SSSR count). The maximum atomic E-state index is 14.8. The molecule has 4 atom stereocenters. The molecule has 6 N–H and O–H groups in total. The van der Waals surface area contributed by atoms with Crippen molar-refractivity contribution in [1.29, 1.82) is 0 Å². The lowest BCUT2D eigenvalue weighted by atomic mass is 9.91. The fourth-order valence-electron chi connectivity index (χ4n) is 12.5. The highest BCUT2D eigenvalue weighted by molar-refractivity contribution is 5.89. The van der Waals surface area contributed by atoms with Gasteiger partial charge in [-0.2, -0.15) is 0 Å². The van der Waals surface area contributed by atoms with Gasteiger partial charge < -0.3 is 41.0 Å². The Bertz CT molecular complexity index is 2760. The molecule has 93 heavy (non-hydrogen) atoms. The van der Waals surface area contributed by atoms with Gasteiger partial charge in [0, 0.05) is 108 Å². The van der Waals surface area contributed by atoms with Gasteiger partial charge in [-0.1, -0.05) is 158 Å². The van der Waals surface area contributed by atoms with E-state index in [9.17, 15) is 43.2 Å². The van der Waals surface area contributed by atoms with E-state index in [1.807, 2.05) is 67.6 Å². The van der Waals surface area contributed by atoms with Gasteiger partial charge in [-0.05, 0) is 106 Å². The van der Waals surface area contributed by atoms with E-state index in [1.165, 1.54) is 104 Å². The Morgan fingerprint density at radius 1 is 0.441 bits per heavy atom. The molecule has 0 spiro atoms. The highest BCUT2D eigenvalue weighted by Crippen LogP contribution is 2.23. The molecule has 2 aromatic heterocycles. The van der Waals surface area contributed by atoms with Crippen LogP contribution in [0.25, 0.3) is 0 Å². The molecule has 4 aromatic rings. The van der Waals surface area contributed by atoms with Crippen molar-refractivity contribution in [3.05, 3.63) is 108 Å². The molecular formula is C74H114N10O9. The Kier molecular flexibility index (Phi) is 39.6. The maximum Gasteiger partial charge on any atom is 0.223 e. The number of amides is 4. The number of carbonyl (C=O) groups is 9. The van der Waals surface area contributed by atoms with Crippen molar-refractivity contribution in [2.75, 3.05) is 65.4 Å². The van der Waals surface area contributed by atoms with E-state index >= 15 is 0 Å². The normalized spacial score (nSPS) is 12.6. The summed E-state index contributed by atoms with van der Waals surface area (Å²) in [7, 11) is 0. The largest absolute Gasteiger partial charge is 0.348 e. The molecule has 0 saturated carbocycles. The SMILES string of the molecule is CCCCCCCCCCCCCCCC(=O)C[C@@H](C)CN(CC(=O)C[C@@H](CCCCN)CN(CC(=O)C[C@@H](Cc1ccccc1)CN(CC(=O)C[C@@H](Cc1ccccc1)CN(CC(C)=O)C(=O)CCc1cnc[nH]1)C(=O)CCc1cnc[nH]1)C(=O)CCCN)C(C)=O. The topological polar surface area (TPSA) is 276 Å². The zero-order valence-electron chi connectivity index (χ0n) is 57.0. The van der Waals surface area contributed by atoms with E-state index in [1.54, 1.807) is 18.7 Å². The molecule has 2 aromatic carbocycles. The van der Waals surface area contributed by atoms with Crippen molar-refractivity contribution in [2.45, 2.75) is 214 Å². The molecule has 19 nitrogen and oxygen atoms in total. The predicted octanol–water partition coefficient (Wildman–Crippen LogP) is 10.8. The highest BCUT2D eigenvalue weighted by Gasteiger charge is 2.30. The number of H-pyrrole nitrogens is 2. The molecule has 0 saturated heterocycles. The van der Waals surface area contributed by atoms with Crippen LogP contribution in [-0.2, 0) is 68.8 Å². The standard InChI is InChI=1S/C74H114N10O9/c1-5-6-7-8-9-10-11-12-13-14-15-16-23-32-68(87)40-58(2)48-81(60(4)86)53-69(88)43-63(31-24-25-38-75)50-83(72(91)33-26-39-76)54-70(89)45-65(42-62-29-21-18-22-30-62)52-84(74(93)37-35-67-47-78-57-80-67)55-71(90)44-64(41-61-27-19-17-20-28-61)51-82(49-59(3)85)73(92)36-34-66-46-77-56-79-66/h17-22,27-30,46-47,56-58,63-65H,5-16,23-26,31-45,48-55,75-76H2,1-4H3,(H,77,79)(H,78,80)/t58-,63-,64-,65-/m1/s1. The first-order valence-corrected chi connectivity index (χ1v) is 35.0. The number of aromatic amines is 2. The van der Waals surface area contributed by atoms with Crippen molar-refractivity contribution in [2.24, 2.45) is 35.1 Å². The maximum absolute atomic E-state index is 14.8. The molecular weight excluding hydrogens is 1170 g/mol. The van der Waals surface area contributed by atoms with Gasteiger partial charge in [-0.15, -0.1) is 0 Å². The number of nitrogens with two attached hydrogens (primary N) is 2. The second kappa shape index (κ2) is 47.0. The molecule has 4 amide bonds. The van der Waals surface area contributed by atoms with Crippen LogP contribution in [0.3, 0.4) is 0 Å². The molecule has 19 heteroatoms. The summed E-state index contributed by atoms with van der Waals surface area (Å²) >= 11 is 0. The molecule has 0 aliphatic carbocycles. The number of rotatable bonds is 55. The molecule has 0 fully saturated rings. The number of benzene rings is 2. The van der Waals surface area contributed by atoms with Crippen LogP contribution in [0, 0.1) is 23.7 Å². The number of nitrogens with zero attached hydrogens (tertiary/aromatic N) is 6. The van der Waals surface area contributed by atoms with Crippen molar-refractivity contribution < 1.29 is 43.2 Å². The van der Waals surface area contributed by atoms with Gasteiger partial charge in [-0.25, -0.2) is 9.97 Å². The van der Waals surface area contributed by atoms with E-state index in [0.29, 0.717) is 70.8 Å². The van der Waals surface area contributed by atoms with E-state index in [4.69, 9.17) is 11.5 Å². The lowest BCUT2D eigenvalue weighted by Crippen LogP contribution is -2.43. The number of aryl methyl sites for hydroxylation is 2. The summed E-state index contributed by atoms with van der Waals surface area (Å²) in [5.74, 6) is -3.21. The number of imidazole rings is 2. The molecule has 2 heterocycles. The Labute approximate surface area is 555 Å². The molecule has 0 unspecified atom stereocenters. The molecule has 0 aliphatic rings. The smallest absolute Gasteiger partial charge is 0.223 e. The summed E-state index contributed by atoms with van der Waals surface area (Å²) in [6.45, 7) is 7.49. The van der Waals surface area contributed by atoms with E-state index < -0.39 is 11.8 Å². The third-order valence-corrected chi connectivity index (χ3v) is 17.4. The average molecular weight is 1290 g/mol. The van der Waals surface area contributed by atoms with Crippen LogP contribution in [-0.4, -0.2) is 158 Å². The van der Waals surface area contributed by atoms with Gasteiger partial charge in [-0.3, -0.25) is 43.2 Å². The van der Waals surface area contributed by atoms with Crippen LogP contribution in [0.15, 0.2) is 85.7 Å². The summed E-state index contributed by atoms with van der Waals surface area (Å²) < 4.78 is 0. The molecule has 514 valence electrons. The Morgan fingerprint density at radius 3 is 1.29 bits per heavy atom. The van der Waals surface area contributed by atoms with E-state index in [2.05, 4.69) is 26.9 Å². The minimum Gasteiger partial charge on any atom is -0.348 e. The molecule has 0 aliphatic heterocycles. The average Bonchev–Trinajstić information content (AvgIpc) is 2.65. The van der Waals surface area contributed by atoms with Gasteiger partial charge in [0.2, 0.25) is 23.6 Å². The minimum atomic E-state index is -0.500. The second-order valence-electron chi connectivity index (χ2n) is 26.3. The second-order valence-corrected chi connectivity index (χ2v) is 26.3. The van der Waals surface area contributed by atoms with Crippen LogP contribution in [0.1, 0.15) is 211 Å². The van der Waals surface area contributed by atoms with Crippen molar-refractivity contribution >= 4 is 52.5 Å². The number of hydrogen-bond acceptors (Lipinski definition) is 13. The number of unbranched alkanes of at least 4 members (excludes halogenated alkanes) is 13. The summed E-state index contributed by atoms with van der Waals surface area (Å²) in [4.78, 5) is 145. The highest BCUT2D eigenvalue weighted by atomic mass is 16.2. The van der Waals surface area contributed by atoms with Crippen molar-refractivity contribution in [3.63, 3.8) is 0 Å². The van der Waals surface area contributed by atoms with Gasteiger partial charge >= 0.3 is 0 Å². The van der Waals surface area contributed by atoms with Crippen molar-refractivity contribution in [1.82, 2.24) is 39.5 Å². The summed E-state index contributed by atoms with van der Waals surface area (Å²) in [6.07, 6.45) is 27.3. The zero-order valence-corrected chi connectivity index (χ0v) is 57.0. The van der Waals surface area contributed by atoms with E-state index in [-0.39, 0.29) is 162 Å². The van der Waals surface area contributed by atoms with Crippen LogP contribution < -0.4 is 11.5 Å². The Hall–Kier alpha value is -6.99. The number of carbonyl (C=O) groups excluding carboxylic acids is 9. The number of nitrogens with one attached hydrogen (secondary N) is 2. The summed E-state index contributed by atoms with van der Waals surface area (Å²) in [5.41, 5.74) is 15.2. The number of hydrogen-bond donors (Lipinski definition) is 4. The third kappa shape index (κ3) is 35.2. The van der Waals surface area contributed by atoms with Gasteiger partial charge in [0.15, 0.2) is 17.3 Å². The van der Waals surface area contributed by atoms with Crippen LogP contribution in [0.2, 0.25) is 0 Å². The monoisotopic (exact) mass is 1290 g/mol. The first kappa shape index (κ1) is 78.5. The summed E-state index contributed by atoms with van der Waals surface area (Å²) in [5, 5.41) is 0. The van der Waals surface area contributed by atoms with Gasteiger partial charge in [0.1, 0.15) is 11.6 Å². The van der Waals surface area contributed by atoms with Gasteiger partial charge in [0.05, 0.1) is 38.8 Å². The number of ketones is 5. The van der Waals surface area contributed by atoms with Crippen LogP contribution >= 0.6 is 0 Å². The Morgan fingerprint density at radius 2 is 0.860 bits per heavy atom. The van der Waals surface area contributed by atoms with Gasteiger partial charge in [0.25, 0.3) is 0 Å². The first-order chi connectivity index (χ1) is 44.9. The molecule has 0 bridgehead atoms. The fourth-order valence-corrected chi connectivity index (χ4v) is 12.5. The predicted molar refractivity (Wildman–Crippen MR) is 366 cm³/mol. The summed E-state index contributed by atoms with van der Waals surface area (Å²) in [6, 6.07) is 19.2. The molecule has 0 radical (unpaired) electrons. The Balaban J connectivity index is 1.49. The quantitative estimate of drug-likeness (QED) is 0.0300.